The van der Waals surface area contributed by atoms with Gasteiger partial charge in [-0.15, -0.1) is 10.2 Å². The monoisotopic (exact) mass is 269 g/mol. The van der Waals surface area contributed by atoms with Gasteiger partial charge in [0, 0.05) is 12.4 Å². The fourth-order valence-electron chi connectivity index (χ4n) is 1.68. The summed E-state index contributed by atoms with van der Waals surface area (Å²) in [6.45, 7) is 0.196. The van der Waals surface area contributed by atoms with E-state index in [1.54, 1.807) is 22.9 Å². The summed E-state index contributed by atoms with van der Waals surface area (Å²) in [6.07, 6.45) is 2.71. The Hall–Kier alpha value is -2.96. The number of nitrogens with zero attached hydrogens (tertiary/aromatic N) is 4. The van der Waals surface area contributed by atoms with Crippen molar-refractivity contribution < 1.29 is 9.53 Å². The number of carbonyl (C=O) groups excluding carboxylic acids is 1. The third kappa shape index (κ3) is 2.56. The quantitative estimate of drug-likeness (QED) is 0.785. The summed E-state index contributed by atoms with van der Waals surface area (Å²) in [5.41, 5.74) is 0.912. The SMILES string of the molecule is O=C(Nc1nnc2ncccn12)OCc1ccccc1. The first-order valence-electron chi connectivity index (χ1n) is 5.96. The molecular weight excluding hydrogens is 258 g/mol. The van der Waals surface area contributed by atoms with Crippen LogP contribution in [0.25, 0.3) is 5.78 Å². The summed E-state index contributed by atoms with van der Waals surface area (Å²) in [5.74, 6) is 0.678. The number of hydrogen-bond acceptors (Lipinski definition) is 5. The molecule has 0 fully saturated rings. The van der Waals surface area contributed by atoms with Gasteiger partial charge in [-0.25, -0.2) is 9.78 Å². The van der Waals surface area contributed by atoms with Crippen LogP contribution in [0.2, 0.25) is 0 Å². The first kappa shape index (κ1) is 12.1. The zero-order valence-corrected chi connectivity index (χ0v) is 10.4. The first-order valence-corrected chi connectivity index (χ1v) is 5.96. The van der Waals surface area contributed by atoms with Crippen LogP contribution in [0.3, 0.4) is 0 Å². The number of amides is 1. The normalized spacial score (nSPS) is 10.4. The summed E-state index contributed by atoms with van der Waals surface area (Å²) in [6, 6.07) is 11.1. The highest BCUT2D eigenvalue weighted by Gasteiger charge is 2.10. The van der Waals surface area contributed by atoms with Crippen molar-refractivity contribution >= 4 is 17.8 Å². The summed E-state index contributed by atoms with van der Waals surface area (Å²) in [4.78, 5) is 15.7. The average molecular weight is 269 g/mol. The number of rotatable bonds is 3. The highest BCUT2D eigenvalue weighted by molar-refractivity contribution is 5.82. The molecule has 0 saturated carbocycles. The molecule has 0 aliphatic carbocycles. The van der Waals surface area contributed by atoms with Crippen molar-refractivity contribution in [2.75, 3.05) is 5.32 Å². The predicted octanol–water partition coefficient (Wildman–Crippen LogP) is 1.87. The van der Waals surface area contributed by atoms with Gasteiger partial charge in [-0.1, -0.05) is 30.3 Å². The smallest absolute Gasteiger partial charge is 0.414 e. The Morgan fingerprint density at radius 2 is 2.05 bits per heavy atom. The van der Waals surface area contributed by atoms with Crippen molar-refractivity contribution in [3.8, 4) is 0 Å². The predicted molar refractivity (Wildman–Crippen MR) is 71.0 cm³/mol. The van der Waals surface area contributed by atoms with E-state index < -0.39 is 6.09 Å². The van der Waals surface area contributed by atoms with Gasteiger partial charge in [0.25, 0.3) is 5.78 Å². The standard InChI is InChI=1S/C13H11N5O2/c19-13(20-9-10-5-2-1-3-6-10)15-12-17-16-11-14-7-4-8-18(11)12/h1-8H,9H2,(H,15,17,19). The zero-order valence-electron chi connectivity index (χ0n) is 10.4. The maximum absolute atomic E-state index is 11.7. The molecule has 0 unspecified atom stereocenters. The van der Waals surface area contributed by atoms with Crippen molar-refractivity contribution in [3.05, 3.63) is 54.4 Å². The van der Waals surface area contributed by atoms with Crippen molar-refractivity contribution in [3.63, 3.8) is 0 Å². The van der Waals surface area contributed by atoms with Crippen molar-refractivity contribution in [1.29, 1.82) is 0 Å². The highest BCUT2D eigenvalue weighted by atomic mass is 16.5. The van der Waals surface area contributed by atoms with E-state index in [0.29, 0.717) is 5.78 Å². The van der Waals surface area contributed by atoms with Crippen LogP contribution < -0.4 is 5.32 Å². The van der Waals surface area contributed by atoms with E-state index >= 15 is 0 Å². The van der Waals surface area contributed by atoms with Crippen LogP contribution in [0.1, 0.15) is 5.56 Å². The first-order chi connectivity index (χ1) is 9.83. The number of aromatic nitrogens is 4. The van der Waals surface area contributed by atoms with Gasteiger partial charge in [0.15, 0.2) is 0 Å². The van der Waals surface area contributed by atoms with Crippen molar-refractivity contribution in [2.45, 2.75) is 6.61 Å². The zero-order chi connectivity index (χ0) is 13.8. The maximum atomic E-state index is 11.7. The van der Waals surface area contributed by atoms with Crippen LogP contribution in [0, 0.1) is 0 Å². The molecule has 7 nitrogen and oxygen atoms in total. The lowest BCUT2D eigenvalue weighted by atomic mass is 10.2. The Bertz CT molecular complexity index is 726. The molecule has 3 rings (SSSR count). The van der Waals surface area contributed by atoms with Crippen LogP contribution in [-0.2, 0) is 11.3 Å². The molecule has 0 saturated heterocycles. The third-order valence-electron chi connectivity index (χ3n) is 2.62. The minimum Gasteiger partial charge on any atom is -0.444 e. The van der Waals surface area contributed by atoms with E-state index in [0.717, 1.165) is 5.56 Å². The summed E-state index contributed by atoms with van der Waals surface area (Å²) >= 11 is 0. The molecule has 0 aliphatic rings. The molecule has 1 amide bonds. The van der Waals surface area contributed by atoms with Gasteiger partial charge in [0.05, 0.1) is 0 Å². The molecule has 20 heavy (non-hydrogen) atoms. The van der Waals surface area contributed by atoms with Crippen LogP contribution >= 0.6 is 0 Å². The van der Waals surface area contributed by atoms with E-state index in [9.17, 15) is 4.79 Å². The molecule has 1 aromatic carbocycles. The number of ether oxygens (including phenoxy) is 1. The molecule has 3 aromatic rings. The van der Waals surface area contributed by atoms with Crippen LogP contribution in [0.4, 0.5) is 10.7 Å². The van der Waals surface area contributed by atoms with Gasteiger partial charge in [-0.2, -0.15) is 0 Å². The molecule has 100 valence electrons. The number of anilines is 1. The molecule has 0 spiro atoms. The Kier molecular flexibility index (Phi) is 3.24. The van der Waals surface area contributed by atoms with Gasteiger partial charge < -0.3 is 4.74 Å². The molecule has 2 aromatic heterocycles. The number of carbonyl (C=O) groups is 1. The number of benzene rings is 1. The van der Waals surface area contributed by atoms with Gasteiger partial charge in [0.2, 0.25) is 5.95 Å². The average Bonchev–Trinajstić information content (AvgIpc) is 2.90. The summed E-state index contributed by atoms with van der Waals surface area (Å²) < 4.78 is 6.66. The second kappa shape index (κ2) is 5.35. The Morgan fingerprint density at radius 1 is 1.20 bits per heavy atom. The maximum Gasteiger partial charge on any atom is 0.414 e. The minimum atomic E-state index is -0.591. The van der Waals surface area contributed by atoms with Gasteiger partial charge in [-0.05, 0) is 11.6 Å². The largest absolute Gasteiger partial charge is 0.444 e. The van der Waals surface area contributed by atoms with E-state index in [1.807, 2.05) is 30.3 Å². The molecule has 0 radical (unpaired) electrons. The van der Waals surface area contributed by atoms with E-state index in [1.165, 1.54) is 0 Å². The Labute approximate surface area is 114 Å². The van der Waals surface area contributed by atoms with Gasteiger partial charge in [-0.3, -0.25) is 9.72 Å². The second-order valence-corrected chi connectivity index (χ2v) is 4.00. The number of fused-ring (bicyclic) bond motifs is 1. The Morgan fingerprint density at radius 3 is 2.90 bits per heavy atom. The molecular formula is C13H11N5O2. The fraction of sp³-hybridized carbons (Fsp3) is 0.0769. The molecule has 2 heterocycles. The molecule has 7 heteroatoms. The third-order valence-corrected chi connectivity index (χ3v) is 2.62. The summed E-state index contributed by atoms with van der Waals surface area (Å²) in [5, 5.41) is 10.2. The lowest BCUT2D eigenvalue weighted by Crippen LogP contribution is -2.15. The molecule has 0 aliphatic heterocycles. The minimum absolute atomic E-state index is 0.196. The van der Waals surface area contributed by atoms with E-state index in [4.69, 9.17) is 4.74 Å². The van der Waals surface area contributed by atoms with Gasteiger partial charge >= 0.3 is 6.09 Å². The topological polar surface area (TPSA) is 81.4 Å². The number of nitrogens with one attached hydrogen (secondary N) is 1. The number of hydrogen-bond donors (Lipinski definition) is 1. The highest BCUT2D eigenvalue weighted by Crippen LogP contribution is 2.06. The van der Waals surface area contributed by atoms with Crippen LogP contribution in [0.5, 0.6) is 0 Å². The van der Waals surface area contributed by atoms with Gasteiger partial charge in [0.1, 0.15) is 6.61 Å². The molecule has 1 N–H and O–H groups in total. The lowest BCUT2D eigenvalue weighted by molar-refractivity contribution is 0.155. The summed E-state index contributed by atoms with van der Waals surface area (Å²) in [7, 11) is 0. The van der Waals surface area contributed by atoms with Crippen molar-refractivity contribution in [1.82, 2.24) is 19.6 Å². The Balaban J connectivity index is 1.64. The molecule has 0 bridgehead atoms. The lowest BCUT2D eigenvalue weighted by Gasteiger charge is -2.05. The van der Waals surface area contributed by atoms with Crippen molar-refractivity contribution in [2.24, 2.45) is 0 Å². The second-order valence-electron chi connectivity index (χ2n) is 4.00. The van der Waals surface area contributed by atoms with E-state index in [2.05, 4.69) is 20.5 Å². The van der Waals surface area contributed by atoms with Crippen LogP contribution in [-0.4, -0.2) is 25.7 Å². The van der Waals surface area contributed by atoms with E-state index in [-0.39, 0.29) is 12.6 Å². The molecule has 0 atom stereocenters. The van der Waals surface area contributed by atoms with Crippen LogP contribution in [0.15, 0.2) is 48.8 Å². The fourth-order valence-corrected chi connectivity index (χ4v) is 1.68.